The first kappa shape index (κ1) is 15.9. The molecule has 0 radical (unpaired) electrons. The molecule has 4 N–H and O–H groups in total. The van der Waals surface area contributed by atoms with E-state index in [1.165, 1.54) is 38.5 Å². The fourth-order valence-electron chi connectivity index (χ4n) is 5.55. The van der Waals surface area contributed by atoms with E-state index >= 15 is 0 Å². The van der Waals surface area contributed by atoms with Crippen LogP contribution in [0.25, 0.3) is 0 Å². The van der Waals surface area contributed by atoms with Crippen molar-refractivity contribution in [2.45, 2.75) is 72.3 Å². The Morgan fingerprint density at radius 3 is 2.50 bits per heavy atom. The maximum atomic E-state index is 6.76. The Morgan fingerprint density at radius 1 is 1.30 bits per heavy atom. The van der Waals surface area contributed by atoms with E-state index in [4.69, 9.17) is 11.5 Å². The second-order valence-electron chi connectivity index (χ2n) is 8.28. The SMILES string of the molecule is C=C(N)C1CCC2C(N)C(C(C)(C)CCC)CC[C@]12C. The molecule has 2 aliphatic carbocycles. The molecule has 0 bridgehead atoms. The third-order valence-electron chi connectivity index (χ3n) is 6.68. The standard InChI is InChI=1S/C18H34N2/c1-6-10-17(3,4)14-9-11-18(5)13(12(2)19)7-8-15(18)16(14)20/h13-16H,2,6-11,19-20H2,1,3-5H3/t13?,14?,15?,16?,18-/m1/s1. The average Bonchev–Trinajstić information content (AvgIpc) is 2.67. The van der Waals surface area contributed by atoms with Crippen LogP contribution in [0.2, 0.25) is 0 Å². The van der Waals surface area contributed by atoms with E-state index < -0.39 is 0 Å². The Morgan fingerprint density at radius 2 is 1.95 bits per heavy atom. The molecule has 2 fully saturated rings. The van der Waals surface area contributed by atoms with Crippen molar-refractivity contribution in [1.29, 1.82) is 0 Å². The van der Waals surface area contributed by atoms with Crippen LogP contribution in [0.1, 0.15) is 66.2 Å². The summed E-state index contributed by atoms with van der Waals surface area (Å²) in [5.74, 6) is 1.77. The van der Waals surface area contributed by atoms with E-state index in [9.17, 15) is 0 Å². The van der Waals surface area contributed by atoms with Crippen LogP contribution in [0, 0.1) is 28.6 Å². The summed E-state index contributed by atoms with van der Waals surface area (Å²) in [6.45, 7) is 13.6. The molecule has 0 aromatic rings. The van der Waals surface area contributed by atoms with Gasteiger partial charge in [0.25, 0.3) is 0 Å². The highest BCUT2D eigenvalue weighted by molar-refractivity contribution is 5.13. The van der Waals surface area contributed by atoms with Crippen LogP contribution < -0.4 is 11.5 Å². The lowest BCUT2D eigenvalue weighted by Crippen LogP contribution is -2.53. The Hall–Kier alpha value is -0.500. The Kier molecular flexibility index (Phi) is 4.26. The van der Waals surface area contributed by atoms with E-state index in [2.05, 4.69) is 34.3 Å². The van der Waals surface area contributed by atoms with Crippen LogP contribution in [0.3, 0.4) is 0 Å². The third kappa shape index (κ3) is 2.41. The van der Waals surface area contributed by atoms with Gasteiger partial charge in [-0.2, -0.15) is 0 Å². The zero-order chi connectivity index (χ0) is 15.1. The molecule has 20 heavy (non-hydrogen) atoms. The molecule has 2 heteroatoms. The first-order chi connectivity index (χ1) is 9.24. The molecule has 116 valence electrons. The summed E-state index contributed by atoms with van der Waals surface area (Å²) in [6, 6.07) is 0.333. The fraction of sp³-hybridized carbons (Fsp3) is 0.889. The lowest BCUT2D eigenvalue weighted by Gasteiger charge is -2.52. The number of hydrogen-bond donors (Lipinski definition) is 2. The van der Waals surface area contributed by atoms with E-state index in [-0.39, 0.29) is 0 Å². The summed E-state index contributed by atoms with van der Waals surface area (Å²) < 4.78 is 0. The van der Waals surface area contributed by atoms with Crippen LogP contribution in [0.5, 0.6) is 0 Å². The van der Waals surface area contributed by atoms with Crippen LogP contribution in [-0.4, -0.2) is 6.04 Å². The van der Waals surface area contributed by atoms with Gasteiger partial charge in [-0.15, -0.1) is 0 Å². The predicted molar refractivity (Wildman–Crippen MR) is 87.0 cm³/mol. The fourth-order valence-corrected chi connectivity index (χ4v) is 5.55. The summed E-state index contributed by atoms with van der Waals surface area (Å²) >= 11 is 0. The van der Waals surface area contributed by atoms with Crippen molar-refractivity contribution in [3.8, 4) is 0 Å². The van der Waals surface area contributed by atoms with Gasteiger partial charge in [0.05, 0.1) is 0 Å². The third-order valence-corrected chi connectivity index (χ3v) is 6.68. The van der Waals surface area contributed by atoms with Gasteiger partial charge in [0, 0.05) is 17.7 Å². The van der Waals surface area contributed by atoms with Gasteiger partial charge in [-0.1, -0.05) is 40.7 Å². The first-order valence-corrected chi connectivity index (χ1v) is 8.44. The molecular weight excluding hydrogens is 244 g/mol. The lowest BCUT2D eigenvalue weighted by atomic mass is 9.55. The number of fused-ring (bicyclic) bond motifs is 1. The van der Waals surface area contributed by atoms with Crippen LogP contribution >= 0.6 is 0 Å². The first-order valence-electron chi connectivity index (χ1n) is 8.44. The van der Waals surface area contributed by atoms with Gasteiger partial charge in [-0.05, 0) is 54.8 Å². The molecule has 0 aromatic carbocycles. The lowest BCUT2D eigenvalue weighted by molar-refractivity contribution is 0.00750. The molecule has 0 heterocycles. The average molecular weight is 278 g/mol. The molecule has 2 rings (SSSR count). The van der Waals surface area contributed by atoms with Crippen molar-refractivity contribution >= 4 is 0 Å². The monoisotopic (exact) mass is 278 g/mol. The largest absolute Gasteiger partial charge is 0.402 e. The Bertz CT molecular complexity index is 374. The van der Waals surface area contributed by atoms with Crippen LogP contribution in [-0.2, 0) is 0 Å². The smallest absolute Gasteiger partial charge is 0.0106 e. The summed E-state index contributed by atoms with van der Waals surface area (Å²) in [5.41, 5.74) is 14.4. The number of nitrogens with two attached hydrogens (primary N) is 2. The van der Waals surface area contributed by atoms with Crippen LogP contribution in [0.4, 0.5) is 0 Å². The van der Waals surface area contributed by atoms with Gasteiger partial charge in [0.15, 0.2) is 0 Å². The highest BCUT2D eigenvalue weighted by atomic mass is 14.8. The minimum atomic E-state index is 0.296. The van der Waals surface area contributed by atoms with E-state index in [1.54, 1.807) is 0 Å². The van der Waals surface area contributed by atoms with Crippen molar-refractivity contribution in [3.05, 3.63) is 12.3 Å². The molecular formula is C18H34N2. The van der Waals surface area contributed by atoms with Crippen molar-refractivity contribution in [1.82, 2.24) is 0 Å². The zero-order valence-electron chi connectivity index (χ0n) is 13.9. The predicted octanol–water partition coefficient (Wildman–Crippen LogP) is 4.05. The van der Waals surface area contributed by atoms with E-state index in [0.29, 0.717) is 34.6 Å². The van der Waals surface area contributed by atoms with Gasteiger partial charge >= 0.3 is 0 Å². The molecule has 0 aromatic heterocycles. The molecule has 0 saturated heterocycles. The topological polar surface area (TPSA) is 52.0 Å². The number of hydrogen-bond acceptors (Lipinski definition) is 2. The van der Waals surface area contributed by atoms with Crippen molar-refractivity contribution in [2.75, 3.05) is 0 Å². The highest BCUT2D eigenvalue weighted by Gasteiger charge is 2.55. The minimum absolute atomic E-state index is 0.296. The minimum Gasteiger partial charge on any atom is -0.402 e. The zero-order valence-corrected chi connectivity index (χ0v) is 13.9. The number of rotatable bonds is 4. The van der Waals surface area contributed by atoms with Gasteiger partial charge in [0.2, 0.25) is 0 Å². The molecule has 0 amide bonds. The van der Waals surface area contributed by atoms with Gasteiger partial charge in [-0.25, -0.2) is 0 Å². The second kappa shape index (κ2) is 5.36. The normalized spacial score (nSPS) is 41.5. The van der Waals surface area contributed by atoms with Crippen molar-refractivity contribution in [3.63, 3.8) is 0 Å². The second-order valence-corrected chi connectivity index (χ2v) is 8.28. The summed E-state index contributed by atoms with van der Waals surface area (Å²) in [7, 11) is 0. The van der Waals surface area contributed by atoms with Gasteiger partial charge in [-0.3, -0.25) is 0 Å². The van der Waals surface area contributed by atoms with Crippen molar-refractivity contribution in [2.24, 2.45) is 40.1 Å². The molecule has 2 aliphatic rings. The highest BCUT2D eigenvalue weighted by Crippen LogP contribution is 2.59. The summed E-state index contributed by atoms with van der Waals surface area (Å²) in [6.07, 6.45) is 7.47. The Labute approximate surface area is 125 Å². The molecule has 2 saturated carbocycles. The summed E-state index contributed by atoms with van der Waals surface area (Å²) in [4.78, 5) is 0. The van der Waals surface area contributed by atoms with Crippen molar-refractivity contribution < 1.29 is 0 Å². The van der Waals surface area contributed by atoms with E-state index in [0.717, 1.165) is 5.70 Å². The molecule has 4 unspecified atom stereocenters. The summed E-state index contributed by atoms with van der Waals surface area (Å²) in [5, 5.41) is 0. The molecule has 0 aliphatic heterocycles. The maximum Gasteiger partial charge on any atom is 0.0106 e. The molecule has 2 nitrogen and oxygen atoms in total. The Balaban J connectivity index is 2.20. The molecule has 0 spiro atoms. The number of allylic oxidation sites excluding steroid dienone is 1. The van der Waals surface area contributed by atoms with Gasteiger partial charge in [0.1, 0.15) is 0 Å². The van der Waals surface area contributed by atoms with Crippen LogP contribution in [0.15, 0.2) is 12.3 Å². The van der Waals surface area contributed by atoms with Gasteiger partial charge < -0.3 is 11.5 Å². The van der Waals surface area contributed by atoms with E-state index in [1.807, 2.05) is 0 Å². The quantitative estimate of drug-likeness (QED) is 0.815. The maximum absolute atomic E-state index is 6.76. The molecule has 5 atom stereocenters.